The number of phenolic OH excluding ortho intramolecular Hbond substituents is 2. The van der Waals surface area contributed by atoms with Crippen molar-refractivity contribution in [2.45, 2.75) is 134 Å². The fraction of sp³-hybridized carbons (Fsp3) is 0.492. The van der Waals surface area contributed by atoms with E-state index in [-0.39, 0.29) is 23.1 Å². The molecule has 0 radical (unpaired) electrons. The summed E-state index contributed by atoms with van der Waals surface area (Å²) in [5.41, 5.74) is 3.08. The number of ketones is 2. The van der Waals surface area contributed by atoms with Gasteiger partial charge in [-0.15, -0.1) is 22.7 Å². The summed E-state index contributed by atoms with van der Waals surface area (Å²) in [6.45, 7) is 8.48. The Hall–Kier alpha value is -4.74. The Morgan fingerprint density at radius 2 is 0.841 bits per heavy atom. The lowest BCUT2D eigenvalue weighted by Gasteiger charge is -2.26. The second kappa shape index (κ2) is 24.4. The zero-order valence-electron chi connectivity index (χ0n) is 40.6. The van der Waals surface area contributed by atoms with Crippen molar-refractivity contribution in [3.63, 3.8) is 0 Å². The van der Waals surface area contributed by atoms with E-state index in [1.54, 1.807) is 46.9 Å². The van der Waals surface area contributed by atoms with Crippen LogP contribution in [0.4, 0.5) is 0 Å². The summed E-state index contributed by atoms with van der Waals surface area (Å²) in [5, 5.41) is 22.0. The first kappa shape index (κ1) is 49.2. The summed E-state index contributed by atoms with van der Waals surface area (Å²) in [5.74, 6) is 3.18. The second-order valence-electron chi connectivity index (χ2n) is 20.0. The maximum atomic E-state index is 13.8. The number of aromatic hydroxyl groups is 2. The van der Waals surface area contributed by atoms with Crippen LogP contribution in [0.5, 0.6) is 23.0 Å². The first-order valence-electron chi connectivity index (χ1n) is 26.4. The Kier molecular flexibility index (Phi) is 17.4. The van der Waals surface area contributed by atoms with Crippen LogP contribution in [0, 0.1) is 0 Å². The predicted molar refractivity (Wildman–Crippen MR) is 284 cm³/mol. The zero-order chi connectivity index (χ0) is 47.4. The number of phenols is 2. The van der Waals surface area contributed by atoms with Gasteiger partial charge < -0.3 is 29.5 Å². The van der Waals surface area contributed by atoms with Crippen molar-refractivity contribution < 1.29 is 29.3 Å². The van der Waals surface area contributed by atoms with Crippen LogP contribution in [0.2, 0.25) is 0 Å². The Bertz CT molecular complexity index is 2590. The van der Waals surface area contributed by atoms with E-state index in [4.69, 9.17) is 9.47 Å². The van der Waals surface area contributed by atoms with Crippen LogP contribution >= 0.6 is 22.7 Å². The summed E-state index contributed by atoms with van der Waals surface area (Å²) in [4.78, 5) is 35.0. The standard InChI is InChI=1S/C30H37NO3S.C29H35NO3S/c32-24-13-16-26-27(21-24)35-30(23-9-4-1-2-5-10-23)28(26)29(33)22-11-14-25(15-12-22)34-20-8-19-31-17-6-3-7-18-31;31-23-12-15-25-26(20-23)34-29(22-8-3-1-2-4-9-22)27(25)28(32)21-10-13-24(14-11-21)33-19-7-18-30-16-5-6-17-30/h11-16,21,23,32H,1-10,17-20H2;10-15,20,22,31H,1-9,16-19H2. The summed E-state index contributed by atoms with van der Waals surface area (Å²) in [6, 6.07) is 26.1. The number of carbonyl (C=O) groups excluding carboxylic acids is 2. The Balaban J connectivity index is 0.000000172. The van der Waals surface area contributed by atoms with Gasteiger partial charge in [-0.2, -0.15) is 0 Å². The molecular formula is C59H72N2O6S2. The normalized spacial score (nSPS) is 17.9. The average molecular weight is 969 g/mol. The van der Waals surface area contributed by atoms with Crippen LogP contribution in [0.15, 0.2) is 84.9 Å². The lowest BCUT2D eigenvalue weighted by molar-refractivity contribution is 0.103. The van der Waals surface area contributed by atoms with Crippen molar-refractivity contribution in [1.29, 1.82) is 0 Å². The molecule has 2 saturated carbocycles. The van der Waals surface area contributed by atoms with E-state index < -0.39 is 0 Å². The number of ether oxygens (including phenoxy) is 2. The number of rotatable bonds is 16. The van der Waals surface area contributed by atoms with Crippen molar-refractivity contribution in [3.05, 3.63) is 117 Å². The number of piperidine rings is 1. The Morgan fingerprint density at radius 3 is 1.23 bits per heavy atom. The van der Waals surface area contributed by atoms with Crippen LogP contribution in [0.25, 0.3) is 20.2 Å². The van der Waals surface area contributed by atoms with E-state index >= 15 is 0 Å². The predicted octanol–water partition coefficient (Wildman–Crippen LogP) is 14.7. The first-order chi connectivity index (χ1) is 33.9. The van der Waals surface area contributed by atoms with Gasteiger partial charge in [-0.05, 0) is 187 Å². The third kappa shape index (κ3) is 12.8. The summed E-state index contributed by atoms with van der Waals surface area (Å²) < 4.78 is 13.9. The van der Waals surface area contributed by atoms with E-state index in [0.717, 1.165) is 94.4 Å². The molecule has 10 heteroatoms. The molecule has 2 aromatic heterocycles. The lowest BCUT2D eigenvalue weighted by Crippen LogP contribution is -2.31. The highest BCUT2D eigenvalue weighted by Gasteiger charge is 2.28. The number of fused-ring (bicyclic) bond motifs is 2. The SMILES string of the molecule is O=C(c1ccc(OCCCN2CCCC2)cc1)c1c(C2CCCCCC2)sc2cc(O)ccc12.O=C(c1ccc(OCCCN2CCCCC2)cc1)c1c(C2CCCCCC2)sc2cc(O)ccc12. The second-order valence-corrected chi connectivity index (χ2v) is 22.2. The minimum Gasteiger partial charge on any atom is -0.508 e. The van der Waals surface area contributed by atoms with Gasteiger partial charge in [-0.25, -0.2) is 0 Å². The molecule has 6 aromatic rings. The first-order valence-corrected chi connectivity index (χ1v) is 28.0. The number of nitrogens with zero attached hydrogens (tertiary/aromatic N) is 2. The molecule has 69 heavy (non-hydrogen) atoms. The number of benzene rings is 4. The number of likely N-dealkylation sites (tertiary alicyclic amines) is 2. The van der Waals surface area contributed by atoms with Gasteiger partial charge >= 0.3 is 0 Å². The Morgan fingerprint density at radius 1 is 0.478 bits per heavy atom. The fourth-order valence-electron chi connectivity index (χ4n) is 11.2. The summed E-state index contributed by atoms with van der Waals surface area (Å²) >= 11 is 3.39. The van der Waals surface area contributed by atoms with Crippen molar-refractivity contribution in [1.82, 2.24) is 9.80 Å². The van der Waals surface area contributed by atoms with Crippen LogP contribution in [-0.4, -0.2) is 84.1 Å². The van der Waals surface area contributed by atoms with Gasteiger partial charge in [0.15, 0.2) is 11.6 Å². The molecule has 2 saturated heterocycles. The molecule has 8 nitrogen and oxygen atoms in total. The van der Waals surface area contributed by atoms with Gasteiger partial charge in [-0.3, -0.25) is 9.59 Å². The molecular weight excluding hydrogens is 897 g/mol. The third-order valence-corrected chi connectivity index (χ3v) is 17.6. The van der Waals surface area contributed by atoms with Crippen molar-refractivity contribution in [2.24, 2.45) is 0 Å². The van der Waals surface area contributed by atoms with Crippen LogP contribution in [0.1, 0.15) is 175 Å². The monoisotopic (exact) mass is 968 g/mol. The molecule has 0 atom stereocenters. The molecule has 4 aromatic carbocycles. The zero-order valence-corrected chi connectivity index (χ0v) is 42.2. The van der Waals surface area contributed by atoms with E-state index in [2.05, 4.69) is 9.80 Å². The van der Waals surface area contributed by atoms with Gasteiger partial charge in [0.25, 0.3) is 0 Å². The van der Waals surface area contributed by atoms with E-state index in [1.807, 2.05) is 60.7 Å². The third-order valence-electron chi connectivity index (χ3n) is 15.0. The number of hydrogen-bond donors (Lipinski definition) is 2. The molecule has 0 amide bonds. The van der Waals surface area contributed by atoms with Gasteiger partial charge in [0.2, 0.25) is 0 Å². The molecule has 4 aliphatic rings. The van der Waals surface area contributed by atoms with Gasteiger partial charge in [-0.1, -0.05) is 57.8 Å². The molecule has 0 spiro atoms. The molecule has 0 bridgehead atoms. The number of hydrogen-bond acceptors (Lipinski definition) is 10. The minimum atomic E-state index is 0.0803. The molecule has 2 N–H and O–H groups in total. The molecule has 2 aliphatic carbocycles. The molecule has 366 valence electrons. The number of carbonyl (C=O) groups is 2. The van der Waals surface area contributed by atoms with Gasteiger partial charge in [0, 0.05) is 65.3 Å². The molecule has 0 unspecified atom stereocenters. The van der Waals surface area contributed by atoms with E-state index in [1.165, 1.54) is 119 Å². The fourth-order valence-corrected chi connectivity index (χ4v) is 14.0. The van der Waals surface area contributed by atoms with Crippen LogP contribution in [0.3, 0.4) is 0 Å². The maximum absolute atomic E-state index is 13.8. The Labute approximate surface area is 417 Å². The topological polar surface area (TPSA) is 99.5 Å². The molecule has 4 heterocycles. The maximum Gasteiger partial charge on any atom is 0.194 e. The van der Waals surface area contributed by atoms with E-state index in [0.29, 0.717) is 36.2 Å². The quantitative estimate of drug-likeness (QED) is 0.0562. The van der Waals surface area contributed by atoms with Crippen molar-refractivity contribution >= 4 is 54.4 Å². The molecule has 2 aliphatic heterocycles. The number of thiophene rings is 2. The average Bonchev–Trinajstić information content (AvgIpc) is 3.99. The minimum absolute atomic E-state index is 0.0803. The smallest absolute Gasteiger partial charge is 0.194 e. The van der Waals surface area contributed by atoms with Gasteiger partial charge in [0.1, 0.15) is 23.0 Å². The summed E-state index contributed by atoms with van der Waals surface area (Å²) in [6.07, 6.45) is 23.3. The molecule has 4 fully saturated rings. The lowest BCUT2D eigenvalue weighted by atomic mass is 9.91. The van der Waals surface area contributed by atoms with E-state index in [9.17, 15) is 19.8 Å². The highest BCUT2D eigenvalue weighted by atomic mass is 32.1. The summed E-state index contributed by atoms with van der Waals surface area (Å²) in [7, 11) is 0. The largest absolute Gasteiger partial charge is 0.508 e. The highest BCUT2D eigenvalue weighted by Crippen LogP contribution is 2.45. The highest BCUT2D eigenvalue weighted by molar-refractivity contribution is 7.20. The van der Waals surface area contributed by atoms with Crippen molar-refractivity contribution in [3.8, 4) is 23.0 Å². The van der Waals surface area contributed by atoms with Crippen molar-refractivity contribution in [2.75, 3.05) is 52.5 Å². The van der Waals surface area contributed by atoms with Crippen LogP contribution in [-0.2, 0) is 0 Å². The molecule has 10 rings (SSSR count). The van der Waals surface area contributed by atoms with Crippen LogP contribution < -0.4 is 9.47 Å². The van der Waals surface area contributed by atoms with Gasteiger partial charge in [0.05, 0.1) is 13.2 Å².